The molecule has 1 fully saturated rings. The van der Waals surface area contributed by atoms with E-state index in [9.17, 15) is 13.6 Å². The van der Waals surface area contributed by atoms with Gasteiger partial charge in [0.2, 0.25) is 5.91 Å². The average molecular weight is 335 g/mol. The summed E-state index contributed by atoms with van der Waals surface area (Å²) in [6.07, 6.45) is 10.1. The number of ether oxygens (including phenoxy) is 1. The summed E-state index contributed by atoms with van der Waals surface area (Å²) < 4.78 is 31.3. The van der Waals surface area contributed by atoms with Crippen molar-refractivity contribution in [3.05, 3.63) is 59.7 Å². The van der Waals surface area contributed by atoms with Crippen LogP contribution in [0.1, 0.15) is 24.8 Å². The minimum Gasteiger partial charge on any atom is -0.381 e. The van der Waals surface area contributed by atoms with Crippen LogP contribution in [0, 0.1) is 17.6 Å². The quantitative estimate of drug-likeness (QED) is 0.448. The fourth-order valence-electron chi connectivity index (χ4n) is 2.55. The van der Waals surface area contributed by atoms with Crippen molar-refractivity contribution in [2.45, 2.75) is 25.7 Å². The van der Waals surface area contributed by atoms with E-state index in [1.165, 1.54) is 18.2 Å². The number of benzene rings is 1. The Balaban J connectivity index is 1.58. The molecule has 1 amide bonds. The zero-order valence-corrected chi connectivity index (χ0v) is 13.6. The third-order valence-electron chi connectivity index (χ3n) is 3.84. The van der Waals surface area contributed by atoms with E-state index in [0.29, 0.717) is 24.4 Å². The molecule has 1 aromatic rings. The van der Waals surface area contributed by atoms with Gasteiger partial charge in [-0.2, -0.15) is 0 Å². The minimum absolute atomic E-state index is 0.109. The number of nitrogens with one attached hydrogen (secondary N) is 1. The molecule has 1 aliphatic rings. The Hall–Kier alpha value is -2.01. The predicted octanol–water partition coefficient (Wildman–Crippen LogP) is 3.55. The van der Waals surface area contributed by atoms with Gasteiger partial charge in [-0.1, -0.05) is 18.2 Å². The Morgan fingerprint density at radius 1 is 1.25 bits per heavy atom. The van der Waals surface area contributed by atoms with E-state index in [1.54, 1.807) is 6.08 Å². The zero-order valence-electron chi connectivity index (χ0n) is 13.6. The number of unbranched alkanes of at least 4 members (excludes halogenated alkanes) is 1. The molecule has 130 valence electrons. The van der Waals surface area contributed by atoms with Crippen LogP contribution in [0.4, 0.5) is 8.78 Å². The van der Waals surface area contributed by atoms with Gasteiger partial charge in [-0.3, -0.25) is 4.79 Å². The summed E-state index contributed by atoms with van der Waals surface area (Å²) in [5.74, 6) is -0.773. The van der Waals surface area contributed by atoms with Crippen LogP contribution in [-0.4, -0.2) is 25.7 Å². The van der Waals surface area contributed by atoms with E-state index in [0.717, 1.165) is 38.5 Å². The molecule has 24 heavy (non-hydrogen) atoms. The van der Waals surface area contributed by atoms with Gasteiger partial charge >= 0.3 is 0 Å². The maximum Gasteiger partial charge on any atom is 0.243 e. The molecule has 0 radical (unpaired) electrons. The molecular formula is C19H23F2NO2. The summed E-state index contributed by atoms with van der Waals surface area (Å²) in [4.78, 5) is 11.6. The molecule has 0 aliphatic carbocycles. The Morgan fingerprint density at radius 3 is 2.75 bits per heavy atom. The molecular weight excluding hydrogens is 312 g/mol. The van der Waals surface area contributed by atoms with E-state index < -0.39 is 11.6 Å². The molecule has 0 saturated carbocycles. The van der Waals surface area contributed by atoms with Crippen LogP contribution in [0.25, 0.3) is 0 Å². The van der Waals surface area contributed by atoms with Gasteiger partial charge in [0.15, 0.2) is 0 Å². The van der Waals surface area contributed by atoms with Gasteiger partial charge in [-0.15, -0.1) is 0 Å². The SMILES string of the molecule is O=C(/C=C/C=C/CCCc1cc(F)cc(F)c1)NCC1CCOC1. The number of amides is 1. The van der Waals surface area contributed by atoms with E-state index >= 15 is 0 Å². The highest BCUT2D eigenvalue weighted by Crippen LogP contribution is 2.11. The normalized spacial score (nSPS) is 17.8. The van der Waals surface area contributed by atoms with Crippen molar-refractivity contribution >= 4 is 5.91 Å². The van der Waals surface area contributed by atoms with Crippen LogP contribution in [0.5, 0.6) is 0 Å². The second kappa shape index (κ2) is 9.98. The molecule has 1 N–H and O–H groups in total. The first-order valence-corrected chi connectivity index (χ1v) is 8.27. The largest absolute Gasteiger partial charge is 0.381 e. The highest BCUT2D eigenvalue weighted by atomic mass is 19.1. The predicted molar refractivity (Wildman–Crippen MR) is 89.5 cm³/mol. The lowest BCUT2D eigenvalue weighted by molar-refractivity contribution is -0.116. The van der Waals surface area contributed by atoms with Gasteiger partial charge in [0, 0.05) is 31.2 Å². The number of carbonyl (C=O) groups excluding carboxylic acids is 1. The molecule has 1 saturated heterocycles. The van der Waals surface area contributed by atoms with Crippen molar-refractivity contribution in [2.24, 2.45) is 5.92 Å². The number of hydrogen-bond donors (Lipinski definition) is 1. The Morgan fingerprint density at radius 2 is 2.04 bits per heavy atom. The number of allylic oxidation sites excluding steroid dienone is 3. The number of carbonyl (C=O) groups is 1. The summed E-state index contributed by atoms with van der Waals surface area (Å²) in [5.41, 5.74) is 0.659. The molecule has 0 bridgehead atoms. The summed E-state index contributed by atoms with van der Waals surface area (Å²) in [6, 6.07) is 3.58. The summed E-state index contributed by atoms with van der Waals surface area (Å²) in [5, 5.41) is 2.85. The van der Waals surface area contributed by atoms with Crippen molar-refractivity contribution in [3.8, 4) is 0 Å². The maximum atomic E-state index is 13.0. The lowest BCUT2D eigenvalue weighted by atomic mass is 10.1. The average Bonchev–Trinajstić information content (AvgIpc) is 3.04. The Bertz CT molecular complexity index is 573. The summed E-state index contributed by atoms with van der Waals surface area (Å²) >= 11 is 0. The molecule has 1 heterocycles. The van der Waals surface area contributed by atoms with Crippen molar-refractivity contribution in [3.63, 3.8) is 0 Å². The zero-order chi connectivity index (χ0) is 17.2. The fourth-order valence-corrected chi connectivity index (χ4v) is 2.55. The lowest BCUT2D eigenvalue weighted by Crippen LogP contribution is -2.27. The van der Waals surface area contributed by atoms with Gasteiger partial charge in [0.25, 0.3) is 0 Å². The molecule has 5 heteroatoms. The van der Waals surface area contributed by atoms with Gasteiger partial charge in [-0.05, 0) is 43.4 Å². The minimum atomic E-state index is -0.543. The van der Waals surface area contributed by atoms with Crippen LogP contribution < -0.4 is 5.32 Å². The molecule has 0 spiro atoms. The molecule has 1 aliphatic heterocycles. The lowest BCUT2D eigenvalue weighted by Gasteiger charge is -2.06. The smallest absolute Gasteiger partial charge is 0.243 e. The third-order valence-corrected chi connectivity index (χ3v) is 3.84. The molecule has 3 nitrogen and oxygen atoms in total. The first-order valence-electron chi connectivity index (χ1n) is 8.27. The van der Waals surface area contributed by atoms with Crippen LogP contribution in [0.2, 0.25) is 0 Å². The topological polar surface area (TPSA) is 38.3 Å². The van der Waals surface area contributed by atoms with E-state index in [-0.39, 0.29) is 5.91 Å². The molecule has 1 atom stereocenters. The second-order valence-corrected chi connectivity index (χ2v) is 5.93. The molecule has 0 aromatic heterocycles. The van der Waals surface area contributed by atoms with E-state index in [2.05, 4.69) is 5.32 Å². The first kappa shape index (κ1) is 18.3. The Labute approximate surface area is 141 Å². The summed E-state index contributed by atoms with van der Waals surface area (Å²) in [6.45, 7) is 2.15. The van der Waals surface area contributed by atoms with Crippen LogP contribution in [-0.2, 0) is 16.0 Å². The number of hydrogen-bond acceptors (Lipinski definition) is 2. The summed E-state index contributed by atoms with van der Waals surface area (Å²) in [7, 11) is 0. The van der Waals surface area contributed by atoms with Crippen LogP contribution in [0.3, 0.4) is 0 Å². The molecule has 1 unspecified atom stereocenters. The van der Waals surface area contributed by atoms with E-state index in [4.69, 9.17) is 4.74 Å². The first-order chi connectivity index (χ1) is 11.6. The number of aryl methyl sites for hydroxylation is 1. The highest BCUT2D eigenvalue weighted by molar-refractivity contribution is 5.87. The van der Waals surface area contributed by atoms with Crippen molar-refractivity contribution in [1.82, 2.24) is 5.32 Å². The molecule has 1 aromatic carbocycles. The number of rotatable bonds is 8. The molecule has 2 rings (SSSR count). The van der Waals surface area contributed by atoms with Crippen molar-refractivity contribution in [1.29, 1.82) is 0 Å². The maximum absolute atomic E-state index is 13.0. The monoisotopic (exact) mass is 335 g/mol. The van der Waals surface area contributed by atoms with E-state index in [1.807, 2.05) is 12.2 Å². The van der Waals surface area contributed by atoms with Crippen LogP contribution in [0.15, 0.2) is 42.5 Å². The van der Waals surface area contributed by atoms with Crippen molar-refractivity contribution < 1.29 is 18.3 Å². The van der Waals surface area contributed by atoms with Gasteiger partial charge < -0.3 is 10.1 Å². The van der Waals surface area contributed by atoms with Gasteiger partial charge in [0.05, 0.1) is 6.61 Å². The van der Waals surface area contributed by atoms with Gasteiger partial charge in [0.1, 0.15) is 11.6 Å². The van der Waals surface area contributed by atoms with Crippen molar-refractivity contribution in [2.75, 3.05) is 19.8 Å². The third kappa shape index (κ3) is 7.04. The number of halogens is 2. The second-order valence-electron chi connectivity index (χ2n) is 5.93. The standard InChI is InChI=1S/C19H23F2NO2/c20-17-10-15(11-18(21)12-17)6-4-2-1-3-5-7-19(23)22-13-16-8-9-24-14-16/h1,3,5,7,10-12,16H,2,4,6,8-9,13-14H2,(H,22,23)/b3-1+,7-5+. The van der Waals surface area contributed by atoms with Crippen LogP contribution >= 0.6 is 0 Å². The highest BCUT2D eigenvalue weighted by Gasteiger charge is 2.15. The Kier molecular flexibility index (Phi) is 7.62. The van der Waals surface area contributed by atoms with Gasteiger partial charge in [-0.25, -0.2) is 8.78 Å². The fraction of sp³-hybridized carbons (Fsp3) is 0.421.